The van der Waals surface area contributed by atoms with Crippen molar-refractivity contribution in [1.82, 2.24) is 14.7 Å². The number of hydrogen-bond acceptors (Lipinski definition) is 6. The Morgan fingerprint density at radius 1 is 0.973 bits per heavy atom. The maximum Gasteiger partial charge on any atom is 0.410 e. The molecule has 1 spiro atoms. The fourth-order valence-corrected chi connectivity index (χ4v) is 7.19. The normalized spacial score (nSPS) is 27.0. The van der Waals surface area contributed by atoms with Gasteiger partial charge < -0.3 is 28.9 Å². The van der Waals surface area contributed by atoms with Gasteiger partial charge >= 0.3 is 12.2 Å². The summed E-state index contributed by atoms with van der Waals surface area (Å²) in [6.07, 6.45) is 7.05. The predicted molar refractivity (Wildman–Crippen MR) is 140 cm³/mol. The van der Waals surface area contributed by atoms with Crippen molar-refractivity contribution >= 4 is 12.2 Å². The lowest BCUT2D eigenvalue weighted by molar-refractivity contribution is 0.0410. The molecule has 204 valence electrons. The van der Waals surface area contributed by atoms with Crippen LogP contribution in [0.4, 0.5) is 9.59 Å². The van der Waals surface area contributed by atoms with Crippen LogP contribution >= 0.6 is 0 Å². The van der Waals surface area contributed by atoms with Gasteiger partial charge in [-0.25, -0.2) is 9.59 Å². The van der Waals surface area contributed by atoms with E-state index in [0.717, 1.165) is 58.2 Å². The Bertz CT molecular complexity index is 947. The number of hydrogen-bond donors (Lipinski definition) is 0. The molecule has 2 amide bonds. The van der Waals surface area contributed by atoms with Gasteiger partial charge in [0.25, 0.3) is 0 Å². The van der Waals surface area contributed by atoms with Gasteiger partial charge in [0.05, 0.1) is 13.2 Å². The summed E-state index contributed by atoms with van der Waals surface area (Å²) in [7, 11) is 1.61. The Hall–Kier alpha value is -2.32. The lowest BCUT2D eigenvalue weighted by Gasteiger charge is -2.49. The molecule has 3 atom stereocenters. The predicted octanol–water partition coefficient (Wildman–Crippen LogP) is 4.41. The third kappa shape index (κ3) is 5.60. The lowest BCUT2D eigenvalue weighted by Crippen LogP contribution is -2.55. The fraction of sp³-hybridized carbons (Fsp3) is 0.724. The van der Waals surface area contributed by atoms with E-state index in [-0.39, 0.29) is 30.3 Å². The van der Waals surface area contributed by atoms with Crippen molar-refractivity contribution < 1.29 is 23.8 Å². The topological polar surface area (TPSA) is 71.6 Å². The number of likely N-dealkylation sites (tertiary alicyclic amines) is 1. The van der Waals surface area contributed by atoms with E-state index in [2.05, 4.69) is 29.2 Å². The summed E-state index contributed by atoms with van der Waals surface area (Å²) < 4.78 is 16.1. The van der Waals surface area contributed by atoms with Crippen LogP contribution in [0, 0.1) is 5.92 Å². The number of piperidine rings is 2. The number of fused-ring (bicyclic) bond motifs is 6. The third-order valence-electron chi connectivity index (χ3n) is 9.10. The summed E-state index contributed by atoms with van der Waals surface area (Å²) >= 11 is 0. The number of carbonyl (C=O) groups excluding carboxylic acids is 2. The zero-order valence-corrected chi connectivity index (χ0v) is 22.5. The van der Waals surface area contributed by atoms with Gasteiger partial charge in [0.15, 0.2) is 0 Å². The molecule has 4 aliphatic heterocycles. The van der Waals surface area contributed by atoms with E-state index < -0.39 is 0 Å². The number of carbonyl (C=O) groups is 2. The standard InChI is InChI=1S/C29H43N3O5/c1-3-14-36-28(34)32-19-22-8-9-24(32)18-25(17-22)30-12-10-29(11-13-30)21-31(27(33)37-16-15-35-2)20-23-6-4-5-7-26(23)29/h4-7,22,24-25H,3,8-21H2,1-2H3. The van der Waals surface area contributed by atoms with Gasteiger partial charge in [0.2, 0.25) is 0 Å². The summed E-state index contributed by atoms with van der Waals surface area (Å²) in [5, 5.41) is 0. The number of methoxy groups -OCH3 is 1. The summed E-state index contributed by atoms with van der Waals surface area (Å²) in [5.74, 6) is 0.557. The highest BCUT2D eigenvalue weighted by atomic mass is 16.6. The molecule has 5 aliphatic rings. The summed E-state index contributed by atoms with van der Waals surface area (Å²) in [6, 6.07) is 9.43. The van der Waals surface area contributed by atoms with Gasteiger partial charge in [0, 0.05) is 44.2 Å². The number of benzene rings is 1. The SMILES string of the molecule is CCCOC(=O)N1CC2CCC1CC(N1CCC3(CC1)CN(C(=O)OCCOC)Cc1ccccc13)C2. The Morgan fingerprint density at radius 3 is 2.54 bits per heavy atom. The molecule has 8 heteroatoms. The van der Waals surface area contributed by atoms with Gasteiger partial charge in [-0.05, 0) is 75.1 Å². The fourth-order valence-electron chi connectivity index (χ4n) is 7.19. The first kappa shape index (κ1) is 26.3. The van der Waals surface area contributed by atoms with Crippen LogP contribution in [0.25, 0.3) is 0 Å². The average Bonchev–Trinajstić information content (AvgIpc) is 3.24. The van der Waals surface area contributed by atoms with Crippen LogP contribution in [0.3, 0.4) is 0 Å². The molecule has 1 saturated carbocycles. The molecule has 0 radical (unpaired) electrons. The quantitative estimate of drug-likeness (QED) is 0.525. The molecule has 1 aliphatic carbocycles. The Balaban J connectivity index is 1.25. The molecule has 8 nitrogen and oxygen atoms in total. The van der Waals surface area contributed by atoms with Crippen molar-refractivity contribution in [1.29, 1.82) is 0 Å². The van der Waals surface area contributed by atoms with E-state index in [4.69, 9.17) is 14.2 Å². The molecule has 37 heavy (non-hydrogen) atoms. The van der Waals surface area contributed by atoms with E-state index in [0.29, 0.717) is 38.3 Å². The monoisotopic (exact) mass is 513 g/mol. The molecular formula is C29H43N3O5. The van der Waals surface area contributed by atoms with Crippen LogP contribution in [-0.4, -0.2) is 92.1 Å². The van der Waals surface area contributed by atoms with E-state index in [1.54, 1.807) is 7.11 Å². The van der Waals surface area contributed by atoms with Crippen molar-refractivity contribution in [2.75, 3.05) is 53.1 Å². The Labute approximate surface area is 221 Å². The molecule has 0 aromatic heterocycles. The van der Waals surface area contributed by atoms with Gasteiger partial charge in [0.1, 0.15) is 6.61 Å². The first-order valence-electron chi connectivity index (χ1n) is 14.2. The molecule has 6 rings (SSSR count). The molecule has 2 bridgehead atoms. The summed E-state index contributed by atoms with van der Waals surface area (Å²) in [5.41, 5.74) is 2.60. The minimum Gasteiger partial charge on any atom is -0.449 e. The van der Waals surface area contributed by atoms with Gasteiger partial charge in [-0.1, -0.05) is 31.2 Å². The first-order chi connectivity index (χ1) is 18.0. The van der Waals surface area contributed by atoms with Crippen molar-refractivity contribution in [3.8, 4) is 0 Å². The van der Waals surface area contributed by atoms with Crippen molar-refractivity contribution in [2.45, 2.75) is 75.9 Å². The van der Waals surface area contributed by atoms with Crippen LogP contribution in [0.2, 0.25) is 0 Å². The van der Waals surface area contributed by atoms with Crippen molar-refractivity contribution in [3.63, 3.8) is 0 Å². The first-order valence-corrected chi connectivity index (χ1v) is 14.2. The Kier molecular flexibility index (Phi) is 8.24. The zero-order valence-electron chi connectivity index (χ0n) is 22.5. The van der Waals surface area contributed by atoms with E-state index in [1.165, 1.54) is 17.5 Å². The highest BCUT2D eigenvalue weighted by molar-refractivity contribution is 5.69. The van der Waals surface area contributed by atoms with E-state index in [9.17, 15) is 9.59 Å². The second kappa shape index (κ2) is 11.6. The minimum atomic E-state index is -0.247. The van der Waals surface area contributed by atoms with Gasteiger partial charge in [-0.2, -0.15) is 0 Å². The largest absolute Gasteiger partial charge is 0.449 e. The molecule has 3 unspecified atom stereocenters. The highest BCUT2D eigenvalue weighted by Crippen LogP contribution is 2.44. The highest BCUT2D eigenvalue weighted by Gasteiger charge is 2.46. The number of amides is 2. The van der Waals surface area contributed by atoms with Crippen LogP contribution < -0.4 is 0 Å². The maximum absolute atomic E-state index is 12.9. The maximum atomic E-state index is 12.9. The van der Waals surface area contributed by atoms with Crippen LogP contribution in [-0.2, 0) is 26.2 Å². The van der Waals surface area contributed by atoms with Gasteiger partial charge in [-0.15, -0.1) is 0 Å². The number of rotatable bonds is 6. The number of ether oxygens (including phenoxy) is 3. The second-order valence-corrected chi connectivity index (χ2v) is 11.4. The van der Waals surface area contributed by atoms with Crippen molar-refractivity contribution in [3.05, 3.63) is 35.4 Å². The lowest BCUT2D eigenvalue weighted by atomic mass is 9.68. The van der Waals surface area contributed by atoms with Crippen LogP contribution in [0.15, 0.2) is 24.3 Å². The Morgan fingerprint density at radius 2 is 1.76 bits per heavy atom. The van der Waals surface area contributed by atoms with Crippen LogP contribution in [0.1, 0.15) is 63.0 Å². The van der Waals surface area contributed by atoms with E-state index >= 15 is 0 Å². The number of nitrogens with zero attached hydrogens (tertiary/aromatic N) is 3. The van der Waals surface area contributed by atoms with Crippen LogP contribution in [0.5, 0.6) is 0 Å². The molecule has 4 fully saturated rings. The molecule has 3 saturated heterocycles. The summed E-state index contributed by atoms with van der Waals surface area (Å²) in [4.78, 5) is 32.2. The summed E-state index contributed by atoms with van der Waals surface area (Å²) in [6.45, 7) is 7.42. The smallest absolute Gasteiger partial charge is 0.410 e. The average molecular weight is 514 g/mol. The van der Waals surface area contributed by atoms with Gasteiger partial charge in [-0.3, -0.25) is 0 Å². The molecular weight excluding hydrogens is 470 g/mol. The molecule has 1 aromatic rings. The van der Waals surface area contributed by atoms with E-state index in [1.807, 2.05) is 16.7 Å². The molecule has 4 heterocycles. The molecule has 1 aromatic carbocycles. The zero-order chi connectivity index (χ0) is 25.8. The minimum absolute atomic E-state index is 0.0364. The third-order valence-corrected chi connectivity index (χ3v) is 9.10. The van der Waals surface area contributed by atoms with Crippen molar-refractivity contribution in [2.24, 2.45) is 5.92 Å². The molecule has 0 N–H and O–H groups in total. The second-order valence-electron chi connectivity index (χ2n) is 11.4.